The molecule has 0 aliphatic heterocycles. The number of thiazole rings is 1. The van der Waals surface area contributed by atoms with Crippen molar-refractivity contribution in [1.82, 2.24) is 9.88 Å². The molecule has 2 aromatic carbocycles. The highest BCUT2D eigenvalue weighted by Crippen LogP contribution is 2.65. The van der Waals surface area contributed by atoms with Gasteiger partial charge >= 0.3 is 0 Å². The molecule has 0 spiro atoms. The van der Waals surface area contributed by atoms with E-state index in [1.54, 1.807) is 23.6 Å². The summed E-state index contributed by atoms with van der Waals surface area (Å²) < 4.78 is 54.6. The van der Waals surface area contributed by atoms with Crippen molar-refractivity contribution in [2.24, 2.45) is 11.8 Å². The fourth-order valence-corrected chi connectivity index (χ4v) is 9.04. The number of halogens is 4. The summed E-state index contributed by atoms with van der Waals surface area (Å²) in [6.45, 7) is -0.159. The Morgan fingerprint density at radius 2 is 1.88 bits per heavy atom. The number of methoxy groups -OCH3 is 2. The first-order valence-corrected chi connectivity index (χ1v) is 16.3. The third-order valence-corrected chi connectivity index (χ3v) is 12.0. The van der Waals surface area contributed by atoms with Crippen LogP contribution in [0.25, 0.3) is 0 Å². The summed E-state index contributed by atoms with van der Waals surface area (Å²) in [5.41, 5.74) is 0.836. The Bertz CT molecular complexity index is 1520. The number of fused-ring (bicyclic) bond motifs is 1. The number of anilines is 2. The maximum absolute atomic E-state index is 15.7. The molecule has 2 saturated carbocycles. The average molecular weight is 664 g/mol. The summed E-state index contributed by atoms with van der Waals surface area (Å²) in [5, 5.41) is 5.23. The Labute approximate surface area is 258 Å². The zero-order valence-corrected chi connectivity index (χ0v) is 26.7. The second-order valence-corrected chi connectivity index (χ2v) is 15.0. The lowest BCUT2D eigenvalue weighted by Gasteiger charge is -2.36. The van der Waals surface area contributed by atoms with Crippen molar-refractivity contribution < 1.29 is 22.3 Å². The summed E-state index contributed by atoms with van der Waals surface area (Å²) in [6.07, 6.45) is 2.95. The van der Waals surface area contributed by atoms with E-state index < -0.39 is 25.1 Å². The van der Waals surface area contributed by atoms with Gasteiger partial charge in [0.1, 0.15) is 26.5 Å². The average Bonchev–Trinajstić information content (AvgIpc) is 3.24. The quantitative estimate of drug-likeness (QED) is 0.256. The van der Waals surface area contributed by atoms with E-state index in [0.717, 1.165) is 34.2 Å². The molecule has 0 bridgehead atoms. The van der Waals surface area contributed by atoms with E-state index in [1.807, 2.05) is 14.1 Å². The normalized spacial score (nSPS) is 23.1. The molecule has 1 heterocycles. The van der Waals surface area contributed by atoms with Crippen LogP contribution in [0.2, 0.25) is 5.02 Å². The van der Waals surface area contributed by atoms with Gasteiger partial charge in [0.2, 0.25) is 0 Å². The van der Waals surface area contributed by atoms with E-state index in [2.05, 4.69) is 15.2 Å². The van der Waals surface area contributed by atoms with Gasteiger partial charge in [-0.3, -0.25) is 0 Å². The molecule has 1 aromatic heterocycles. The largest absolute Gasteiger partial charge is 0.497 e. The molecule has 222 valence electrons. The SMILES string of the molecule is COc1ccc(CN(c2nccs2)S(=O)(=O)c2cc(Cl)c(NC3C[C@H]4C(C[C@@H]3N(C)C)C4(Cl)Cl)cc2F)c(OC)c1. The fourth-order valence-electron chi connectivity index (χ4n) is 5.57. The third kappa shape index (κ3) is 5.81. The Morgan fingerprint density at radius 3 is 2.51 bits per heavy atom. The van der Waals surface area contributed by atoms with Crippen LogP contribution in [0.15, 0.2) is 46.8 Å². The minimum absolute atomic E-state index is 0.0736. The predicted octanol–water partition coefficient (Wildman–Crippen LogP) is 6.27. The van der Waals surface area contributed by atoms with Gasteiger partial charge < -0.3 is 19.7 Å². The van der Waals surface area contributed by atoms with Crippen LogP contribution in [-0.4, -0.2) is 63.0 Å². The lowest BCUT2D eigenvalue weighted by molar-refractivity contribution is 0.204. The van der Waals surface area contributed by atoms with Crippen molar-refractivity contribution in [1.29, 1.82) is 0 Å². The van der Waals surface area contributed by atoms with Crippen molar-refractivity contribution in [3.05, 3.63) is 58.3 Å². The molecule has 2 aliphatic carbocycles. The Morgan fingerprint density at radius 1 is 1.15 bits per heavy atom. The number of hydrogen-bond acceptors (Lipinski definition) is 8. The minimum atomic E-state index is -4.44. The van der Waals surface area contributed by atoms with Crippen molar-refractivity contribution in [2.75, 3.05) is 37.9 Å². The van der Waals surface area contributed by atoms with Crippen LogP contribution in [0.1, 0.15) is 18.4 Å². The minimum Gasteiger partial charge on any atom is -0.497 e. The first-order chi connectivity index (χ1) is 19.4. The van der Waals surface area contributed by atoms with Gasteiger partial charge in [0, 0.05) is 35.3 Å². The zero-order valence-electron chi connectivity index (χ0n) is 22.8. The Balaban J connectivity index is 1.46. The van der Waals surface area contributed by atoms with E-state index >= 15 is 4.39 Å². The number of nitrogens with one attached hydrogen (secondary N) is 1. The van der Waals surface area contributed by atoms with Crippen LogP contribution < -0.4 is 19.1 Å². The standard InChI is InChI=1S/C27H30Cl3FN4O4S2/c1-34(2)23-11-18-17(27(18,29)30)10-22(23)33-21-13-20(31)25(12-19(21)28)41(36,37)35(26-32-7-8-40-26)14-15-5-6-16(38-3)9-24(15)39-4/h5-9,12-13,17-18,22-23,33H,10-11,14H2,1-4H3/t17-,18?,22?,23-/m0/s1. The van der Waals surface area contributed by atoms with Crippen LogP contribution in [0, 0.1) is 17.7 Å². The van der Waals surface area contributed by atoms with Gasteiger partial charge in [-0.2, -0.15) is 0 Å². The lowest BCUT2D eigenvalue weighted by atomic mass is 9.89. The summed E-state index contributed by atoms with van der Waals surface area (Å²) in [7, 11) is 2.49. The van der Waals surface area contributed by atoms with Crippen molar-refractivity contribution in [3.63, 3.8) is 0 Å². The summed E-state index contributed by atoms with van der Waals surface area (Å²) in [5.74, 6) is 0.356. The number of likely N-dealkylation sites (N-methyl/N-ethyl adjacent to an activating group) is 1. The van der Waals surface area contributed by atoms with E-state index in [0.29, 0.717) is 29.2 Å². The van der Waals surface area contributed by atoms with Gasteiger partial charge in [-0.05, 0) is 63.0 Å². The Kier molecular flexibility index (Phi) is 8.59. The second kappa shape index (κ2) is 11.6. The maximum atomic E-state index is 15.7. The van der Waals surface area contributed by atoms with E-state index in [1.165, 1.54) is 20.4 Å². The topological polar surface area (TPSA) is 84.0 Å². The van der Waals surface area contributed by atoms with E-state index in [4.69, 9.17) is 44.3 Å². The zero-order chi connectivity index (χ0) is 29.7. The smallest absolute Gasteiger partial charge is 0.269 e. The summed E-state index contributed by atoms with van der Waals surface area (Å²) in [6, 6.07) is 7.27. The monoisotopic (exact) mass is 662 g/mol. The van der Waals surface area contributed by atoms with Gasteiger partial charge in [-0.1, -0.05) is 11.6 Å². The summed E-state index contributed by atoms with van der Waals surface area (Å²) >= 11 is 20.7. The van der Waals surface area contributed by atoms with Gasteiger partial charge in [0.05, 0.1) is 31.5 Å². The van der Waals surface area contributed by atoms with Crippen LogP contribution in [-0.2, 0) is 16.6 Å². The van der Waals surface area contributed by atoms with Gasteiger partial charge in [-0.25, -0.2) is 22.1 Å². The molecule has 3 aromatic rings. The molecule has 0 amide bonds. The number of rotatable bonds is 10. The van der Waals surface area contributed by atoms with Crippen molar-refractivity contribution in [3.8, 4) is 11.5 Å². The molecule has 0 saturated heterocycles. The van der Waals surface area contributed by atoms with Crippen LogP contribution >= 0.6 is 46.1 Å². The summed E-state index contributed by atoms with van der Waals surface area (Å²) in [4.78, 5) is 5.71. The fraction of sp³-hybridized carbons (Fsp3) is 0.444. The number of ether oxygens (including phenoxy) is 2. The molecule has 2 fully saturated rings. The van der Waals surface area contributed by atoms with E-state index in [-0.39, 0.29) is 40.6 Å². The predicted molar refractivity (Wildman–Crippen MR) is 162 cm³/mol. The molecule has 0 radical (unpaired) electrons. The highest BCUT2D eigenvalue weighted by Gasteiger charge is 2.66. The molecular weight excluding hydrogens is 634 g/mol. The lowest BCUT2D eigenvalue weighted by Crippen LogP contribution is -2.46. The number of aromatic nitrogens is 1. The Hall–Kier alpha value is -2.02. The molecule has 5 rings (SSSR count). The molecule has 14 heteroatoms. The number of alkyl halides is 2. The maximum Gasteiger partial charge on any atom is 0.269 e. The first-order valence-electron chi connectivity index (χ1n) is 12.8. The molecule has 4 atom stereocenters. The highest BCUT2D eigenvalue weighted by molar-refractivity contribution is 7.93. The number of hydrogen-bond donors (Lipinski definition) is 1. The van der Waals surface area contributed by atoms with Crippen LogP contribution in [0.3, 0.4) is 0 Å². The number of nitrogens with zero attached hydrogens (tertiary/aromatic N) is 3. The molecule has 2 unspecified atom stereocenters. The van der Waals surface area contributed by atoms with Crippen LogP contribution in [0.5, 0.6) is 11.5 Å². The molecule has 41 heavy (non-hydrogen) atoms. The molecular formula is C27H30Cl3FN4O4S2. The highest BCUT2D eigenvalue weighted by atomic mass is 35.5. The second-order valence-electron chi connectivity index (χ2n) is 10.4. The number of sulfonamides is 1. The van der Waals surface area contributed by atoms with Crippen molar-refractivity contribution >= 4 is 67.0 Å². The molecule has 1 N–H and O–H groups in total. The first kappa shape index (κ1) is 30.4. The van der Waals surface area contributed by atoms with Gasteiger partial charge in [0.15, 0.2) is 5.13 Å². The van der Waals surface area contributed by atoms with E-state index in [9.17, 15) is 8.42 Å². The van der Waals surface area contributed by atoms with Crippen LogP contribution in [0.4, 0.5) is 15.2 Å². The van der Waals surface area contributed by atoms with Gasteiger partial charge in [-0.15, -0.1) is 34.5 Å². The third-order valence-electron chi connectivity index (χ3n) is 7.87. The number of benzene rings is 2. The molecule has 2 aliphatic rings. The van der Waals surface area contributed by atoms with Gasteiger partial charge in [0.25, 0.3) is 10.0 Å². The van der Waals surface area contributed by atoms with Crippen molar-refractivity contribution in [2.45, 2.75) is 40.7 Å². The molecule has 8 nitrogen and oxygen atoms in total.